The van der Waals surface area contributed by atoms with Crippen LogP contribution in [-0.4, -0.2) is 41.7 Å². The first-order valence-electron chi connectivity index (χ1n) is 7.48. The van der Waals surface area contributed by atoms with E-state index in [0.29, 0.717) is 11.6 Å². The Morgan fingerprint density at radius 2 is 2.30 bits per heavy atom. The second-order valence-corrected chi connectivity index (χ2v) is 5.55. The topological polar surface area (TPSA) is 52.6 Å². The lowest BCUT2D eigenvalue weighted by molar-refractivity contribution is 0.0697. The van der Waals surface area contributed by atoms with Crippen molar-refractivity contribution in [2.75, 3.05) is 25.0 Å². The van der Waals surface area contributed by atoms with Crippen LogP contribution in [0.3, 0.4) is 0 Å². The van der Waals surface area contributed by atoms with Crippen LogP contribution in [0.2, 0.25) is 0 Å². The van der Waals surface area contributed by atoms with Crippen LogP contribution in [0.5, 0.6) is 0 Å². The van der Waals surface area contributed by atoms with Crippen molar-refractivity contribution in [2.24, 2.45) is 0 Å². The molecule has 0 saturated carbocycles. The number of hydrogen-bond donors (Lipinski definition) is 2. The lowest BCUT2D eigenvalue weighted by Gasteiger charge is -2.33. The van der Waals surface area contributed by atoms with Gasteiger partial charge in [-0.1, -0.05) is 12.5 Å². The second-order valence-electron chi connectivity index (χ2n) is 5.55. The Morgan fingerprint density at radius 3 is 3.05 bits per heavy atom. The van der Waals surface area contributed by atoms with Gasteiger partial charge in [-0.15, -0.1) is 0 Å². The highest BCUT2D eigenvalue weighted by Crippen LogP contribution is 2.16. The van der Waals surface area contributed by atoms with Gasteiger partial charge < -0.3 is 15.3 Å². The first-order valence-corrected chi connectivity index (χ1v) is 7.48. The highest BCUT2D eigenvalue weighted by molar-refractivity contribution is 5.88. The number of nitrogens with zero attached hydrogens (tertiary/aromatic N) is 1. The number of piperidine rings is 1. The molecule has 0 bridgehead atoms. The molecular formula is C16H24N2O2. The smallest absolute Gasteiger partial charge is 0.335 e. The SMILES string of the molecule is CC1CCCCN1CCCNc1cccc(C(=O)O)c1. The highest BCUT2D eigenvalue weighted by atomic mass is 16.4. The molecule has 0 amide bonds. The molecule has 1 heterocycles. The Labute approximate surface area is 120 Å². The van der Waals surface area contributed by atoms with Crippen molar-refractivity contribution in [1.82, 2.24) is 4.90 Å². The molecule has 1 aliphatic heterocycles. The Balaban J connectivity index is 1.73. The number of hydrogen-bond acceptors (Lipinski definition) is 3. The predicted octanol–water partition coefficient (Wildman–Crippen LogP) is 3.06. The quantitative estimate of drug-likeness (QED) is 0.784. The van der Waals surface area contributed by atoms with Gasteiger partial charge >= 0.3 is 5.97 Å². The number of likely N-dealkylation sites (tertiary alicyclic amines) is 1. The van der Waals surface area contributed by atoms with Gasteiger partial charge in [-0.25, -0.2) is 4.79 Å². The van der Waals surface area contributed by atoms with Gasteiger partial charge in [0.15, 0.2) is 0 Å². The van der Waals surface area contributed by atoms with Gasteiger partial charge in [0.25, 0.3) is 0 Å². The van der Waals surface area contributed by atoms with Crippen LogP contribution in [0, 0.1) is 0 Å². The van der Waals surface area contributed by atoms with Gasteiger partial charge in [-0.2, -0.15) is 0 Å². The molecule has 20 heavy (non-hydrogen) atoms. The van der Waals surface area contributed by atoms with Crippen molar-refractivity contribution in [3.05, 3.63) is 29.8 Å². The molecule has 1 unspecified atom stereocenters. The van der Waals surface area contributed by atoms with E-state index in [-0.39, 0.29) is 0 Å². The standard InChI is InChI=1S/C16H24N2O2/c1-13-6-2-3-10-18(13)11-5-9-17-15-8-4-7-14(12-15)16(19)20/h4,7-8,12-13,17H,2-3,5-6,9-11H2,1H3,(H,19,20). The van der Waals surface area contributed by atoms with E-state index in [0.717, 1.165) is 25.2 Å². The van der Waals surface area contributed by atoms with Crippen molar-refractivity contribution >= 4 is 11.7 Å². The number of carbonyl (C=O) groups is 1. The zero-order valence-corrected chi connectivity index (χ0v) is 12.1. The molecule has 1 fully saturated rings. The zero-order chi connectivity index (χ0) is 14.4. The first kappa shape index (κ1) is 14.9. The molecule has 0 aliphatic carbocycles. The fraction of sp³-hybridized carbons (Fsp3) is 0.562. The summed E-state index contributed by atoms with van der Waals surface area (Å²) in [5, 5.41) is 12.3. The zero-order valence-electron chi connectivity index (χ0n) is 12.1. The molecule has 2 rings (SSSR count). The average molecular weight is 276 g/mol. The summed E-state index contributed by atoms with van der Waals surface area (Å²) in [4.78, 5) is 13.4. The molecule has 4 heteroatoms. The maximum atomic E-state index is 10.9. The molecule has 4 nitrogen and oxygen atoms in total. The molecule has 1 aromatic carbocycles. The van der Waals surface area contributed by atoms with Crippen LogP contribution < -0.4 is 5.32 Å². The minimum atomic E-state index is -0.879. The minimum Gasteiger partial charge on any atom is -0.478 e. The summed E-state index contributed by atoms with van der Waals surface area (Å²) < 4.78 is 0. The third-order valence-corrected chi connectivity index (χ3v) is 4.00. The Hall–Kier alpha value is -1.55. The summed E-state index contributed by atoms with van der Waals surface area (Å²) in [7, 11) is 0. The Bertz CT molecular complexity index is 448. The fourth-order valence-electron chi connectivity index (χ4n) is 2.77. The van der Waals surface area contributed by atoms with Crippen molar-refractivity contribution in [3.63, 3.8) is 0 Å². The molecule has 0 radical (unpaired) electrons. The summed E-state index contributed by atoms with van der Waals surface area (Å²) in [6, 6.07) is 7.70. The first-order chi connectivity index (χ1) is 9.66. The van der Waals surface area contributed by atoms with E-state index in [1.165, 1.54) is 25.8 Å². The van der Waals surface area contributed by atoms with Crippen LogP contribution in [0.15, 0.2) is 24.3 Å². The van der Waals surface area contributed by atoms with Crippen LogP contribution >= 0.6 is 0 Å². The molecule has 2 N–H and O–H groups in total. The summed E-state index contributed by atoms with van der Waals surface area (Å²) in [5.41, 5.74) is 1.22. The van der Waals surface area contributed by atoms with Crippen molar-refractivity contribution in [2.45, 2.75) is 38.6 Å². The van der Waals surface area contributed by atoms with Crippen LogP contribution in [0.4, 0.5) is 5.69 Å². The van der Waals surface area contributed by atoms with Gasteiger partial charge in [0, 0.05) is 24.8 Å². The molecule has 1 aliphatic rings. The van der Waals surface area contributed by atoms with Gasteiger partial charge in [0.2, 0.25) is 0 Å². The lowest BCUT2D eigenvalue weighted by atomic mass is 10.0. The van der Waals surface area contributed by atoms with E-state index in [1.54, 1.807) is 18.2 Å². The second kappa shape index (κ2) is 7.29. The van der Waals surface area contributed by atoms with E-state index < -0.39 is 5.97 Å². The maximum absolute atomic E-state index is 10.9. The van der Waals surface area contributed by atoms with Gasteiger partial charge in [0.05, 0.1) is 5.56 Å². The third-order valence-electron chi connectivity index (χ3n) is 4.00. The predicted molar refractivity (Wildman–Crippen MR) is 81.4 cm³/mol. The number of carboxylic acids is 1. The van der Waals surface area contributed by atoms with E-state index >= 15 is 0 Å². The summed E-state index contributed by atoms with van der Waals surface area (Å²) in [6.45, 7) is 5.53. The van der Waals surface area contributed by atoms with Crippen LogP contribution in [-0.2, 0) is 0 Å². The Kier molecular flexibility index (Phi) is 5.41. The van der Waals surface area contributed by atoms with Crippen molar-refractivity contribution in [1.29, 1.82) is 0 Å². The van der Waals surface area contributed by atoms with Crippen LogP contribution in [0.1, 0.15) is 43.0 Å². The molecule has 110 valence electrons. The molecule has 1 saturated heterocycles. The molecule has 0 spiro atoms. The summed E-state index contributed by atoms with van der Waals surface area (Å²) in [6.07, 6.45) is 5.08. The number of aromatic carboxylic acids is 1. The van der Waals surface area contributed by atoms with Gasteiger partial charge in [-0.05, 0) is 50.9 Å². The van der Waals surface area contributed by atoms with E-state index in [4.69, 9.17) is 5.11 Å². The molecule has 0 aromatic heterocycles. The highest BCUT2D eigenvalue weighted by Gasteiger charge is 2.16. The van der Waals surface area contributed by atoms with E-state index in [1.807, 2.05) is 6.07 Å². The fourth-order valence-corrected chi connectivity index (χ4v) is 2.77. The minimum absolute atomic E-state index is 0.333. The summed E-state index contributed by atoms with van der Waals surface area (Å²) in [5.74, 6) is -0.879. The van der Waals surface area contributed by atoms with E-state index in [9.17, 15) is 4.79 Å². The number of benzene rings is 1. The van der Waals surface area contributed by atoms with Crippen molar-refractivity contribution < 1.29 is 9.90 Å². The number of anilines is 1. The number of nitrogens with one attached hydrogen (secondary N) is 1. The molecule has 1 atom stereocenters. The van der Waals surface area contributed by atoms with E-state index in [2.05, 4.69) is 17.1 Å². The average Bonchev–Trinajstić information content (AvgIpc) is 2.45. The maximum Gasteiger partial charge on any atom is 0.335 e. The third kappa shape index (κ3) is 4.23. The Morgan fingerprint density at radius 1 is 1.45 bits per heavy atom. The summed E-state index contributed by atoms with van der Waals surface area (Å²) >= 11 is 0. The van der Waals surface area contributed by atoms with Gasteiger partial charge in [-0.3, -0.25) is 0 Å². The van der Waals surface area contributed by atoms with Crippen LogP contribution in [0.25, 0.3) is 0 Å². The monoisotopic (exact) mass is 276 g/mol. The number of carboxylic acid groups (broad SMARTS) is 1. The molecule has 1 aromatic rings. The van der Waals surface area contributed by atoms with Crippen molar-refractivity contribution in [3.8, 4) is 0 Å². The molecular weight excluding hydrogens is 252 g/mol. The largest absolute Gasteiger partial charge is 0.478 e. The number of rotatable bonds is 6. The normalized spacial score (nSPS) is 19.8. The lowest BCUT2D eigenvalue weighted by Crippen LogP contribution is -2.38. The van der Waals surface area contributed by atoms with Gasteiger partial charge in [0.1, 0.15) is 0 Å².